The van der Waals surface area contributed by atoms with Crippen LogP contribution in [0.15, 0.2) is 77.9 Å². The topological polar surface area (TPSA) is 34.1 Å². The monoisotopic (exact) mass is 390 g/mol. The molecule has 5 rings (SSSR count). The maximum Gasteiger partial charge on any atom is 0.213 e. The zero-order valence-corrected chi connectivity index (χ0v) is 16.1. The Kier molecular flexibility index (Phi) is 4.21. The van der Waals surface area contributed by atoms with Crippen molar-refractivity contribution in [3.63, 3.8) is 0 Å². The molecule has 140 valence electrons. The van der Waals surface area contributed by atoms with E-state index < -0.39 is 0 Å². The lowest BCUT2D eigenvalue weighted by Gasteiger charge is -2.38. The molecule has 2 heterocycles. The lowest BCUT2D eigenvalue weighted by Crippen LogP contribution is -2.33. The molecule has 0 saturated heterocycles. The number of hydrogen-bond donors (Lipinski definition) is 0. The molecule has 0 N–H and O–H groups in total. The fourth-order valence-corrected chi connectivity index (χ4v) is 4.07. The summed E-state index contributed by atoms with van der Waals surface area (Å²) in [6.45, 7) is 0. The Balaban J connectivity index is 1.57. The number of hydrogen-bond acceptors (Lipinski definition) is 4. The van der Waals surface area contributed by atoms with Crippen LogP contribution < -0.4 is 9.47 Å². The van der Waals surface area contributed by atoms with Gasteiger partial charge < -0.3 is 9.47 Å². The molecule has 0 bridgehead atoms. The van der Waals surface area contributed by atoms with Gasteiger partial charge in [-0.15, -0.1) is 0 Å². The van der Waals surface area contributed by atoms with Gasteiger partial charge in [-0.05, 0) is 48.0 Å². The van der Waals surface area contributed by atoms with E-state index in [2.05, 4.69) is 23.2 Å². The quantitative estimate of drug-likeness (QED) is 0.584. The minimum Gasteiger partial charge on any atom is -0.497 e. The minimum atomic E-state index is -0.311. The first-order chi connectivity index (χ1) is 13.7. The number of para-hydroxylation sites is 1. The summed E-state index contributed by atoms with van der Waals surface area (Å²) >= 11 is 6.24. The Bertz CT molecular complexity index is 1050. The summed E-state index contributed by atoms with van der Waals surface area (Å²) in [5.41, 5.74) is 4.29. The van der Waals surface area contributed by atoms with Crippen LogP contribution in [0.3, 0.4) is 0 Å². The number of hydrazone groups is 1. The molecule has 2 atom stereocenters. The molecule has 5 heteroatoms. The van der Waals surface area contributed by atoms with Crippen molar-refractivity contribution in [3.05, 3.63) is 94.5 Å². The van der Waals surface area contributed by atoms with Crippen LogP contribution in [0.25, 0.3) is 0 Å². The van der Waals surface area contributed by atoms with Crippen LogP contribution in [0.2, 0.25) is 5.02 Å². The highest BCUT2D eigenvalue weighted by Crippen LogP contribution is 2.47. The van der Waals surface area contributed by atoms with Gasteiger partial charge in [-0.1, -0.05) is 41.9 Å². The maximum atomic E-state index is 6.35. The van der Waals surface area contributed by atoms with E-state index >= 15 is 0 Å². The third-order valence-electron chi connectivity index (χ3n) is 5.26. The normalized spacial score (nSPS) is 20.1. The van der Waals surface area contributed by atoms with Gasteiger partial charge >= 0.3 is 0 Å². The van der Waals surface area contributed by atoms with Crippen LogP contribution in [-0.4, -0.2) is 17.8 Å². The van der Waals surface area contributed by atoms with Gasteiger partial charge in [0.25, 0.3) is 0 Å². The molecule has 4 nitrogen and oxygen atoms in total. The molecule has 0 fully saturated rings. The van der Waals surface area contributed by atoms with Crippen LogP contribution in [-0.2, 0) is 0 Å². The van der Waals surface area contributed by atoms with E-state index in [1.54, 1.807) is 7.11 Å². The lowest BCUT2D eigenvalue weighted by molar-refractivity contribution is -0.0190. The fraction of sp³-hybridized carbons (Fsp3) is 0.174. The number of ether oxygens (including phenoxy) is 2. The lowest BCUT2D eigenvalue weighted by atomic mass is 9.96. The third kappa shape index (κ3) is 2.90. The Labute approximate surface area is 169 Å². The van der Waals surface area contributed by atoms with Crippen LogP contribution in [0.1, 0.15) is 35.4 Å². The molecule has 0 amide bonds. The SMILES string of the molecule is COc1ccc(C2=NN3[C@@H](C2)c2ccccc2O[C@H]3c2cccc(Cl)c2)cc1. The average molecular weight is 391 g/mol. The molecule has 3 aromatic rings. The summed E-state index contributed by atoms with van der Waals surface area (Å²) < 4.78 is 11.6. The number of fused-ring (bicyclic) bond motifs is 3. The average Bonchev–Trinajstić information content (AvgIpc) is 3.19. The molecule has 2 aliphatic heterocycles. The van der Waals surface area contributed by atoms with Crippen molar-refractivity contribution in [3.8, 4) is 11.5 Å². The van der Waals surface area contributed by atoms with Gasteiger partial charge in [0, 0.05) is 22.6 Å². The van der Waals surface area contributed by atoms with E-state index in [9.17, 15) is 0 Å². The largest absolute Gasteiger partial charge is 0.497 e. The van der Waals surface area contributed by atoms with E-state index in [4.69, 9.17) is 26.2 Å². The van der Waals surface area contributed by atoms with Gasteiger partial charge in [0.15, 0.2) is 0 Å². The maximum absolute atomic E-state index is 6.35. The summed E-state index contributed by atoms with van der Waals surface area (Å²) in [6, 6.07) is 24.2. The predicted molar refractivity (Wildman–Crippen MR) is 110 cm³/mol. The van der Waals surface area contributed by atoms with E-state index in [0.717, 1.165) is 40.3 Å². The molecule has 0 aromatic heterocycles. The van der Waals surface area contributed by atoms with Gasteiger partial charge in [-0.2, -0.15) is 5.10 Å². The van der Waals surface area contributed by atoms with E-state index in [-0.39, 0.29) is 12.3 Å². The number of halogens is 1. The fourth-order valence-electron chi connectivity index (χ4n) is 3.87. The van der Waals surface area contributed by atoms with Crippen molar-refractivity contribution in [2.75, 3.05) is 7.11 Å². The van der Waals surface area contributed by atoms with Crippen LogP contribution in [0.4, 0.5) is 0 Å². The van der Waals surface area contributed by atoms with Gasteiger partial charge in [-0.25, -0.2) is 5.01 Å². The van der Waals surface area contributed by atoms with Crippen molar-refractivity contribution in [1.29, 1.82) is 0 Å². The zero-order valence-electron chi connectivity index (χ0n) is 15.4. The molecular weight excluding hydrogens is 372 g/mol. The molecule has 28 heavy (non-hydrogen) atoms. The Morgan fingerprint density at radius 1 is 1.04 bits per heavy atom. The summed E-state index contributed by atoms with van der Waals surface area (Å²) in [7, 11) is 1.67. The van der Waals surface area contributed by atoms with E-state index in [1.165, 1.54) is 0 Å². The highest BCUT2D eigenvalue weighted by molar-refractivity contribution is 6.30. The van der Waals surface area contributed by atoms with Crippen molar-refractivity contribution in [1.82, 2.24) is 5.01 Å². The summed E-state index contributed by atoms with van der Waals surface area (Å²) in [5, 5.41) is 7.72. The van der Waals surface area contributed by atoms with Crippen LogP contribution >= 0.6 is 11.6 Å². The molecule has 3 aromatic carbocycles. The highest BCUT2D eigenvalue weighted by atomic mass is 35.5. The molecule has 0 unspecified atom stereocenters. The summed E-state index contributed by atoms with van der Waals surface area (Å²) in [5.74, 6) is 1.74. The Hall–Kier alpha value is -2.98. The number of benzene rings is 3. The Morgan fingerprint density at radius 3 is 2.64 bits per heavy atom. The van der Waals surface area contributed by atoms with Crippen molar-refractivity contribution in [2.45, 2.75) is 18.7 Å². The van der Waals surface area contributed by atoms with Crippen molar-refractivity contribution >= 4 is 17.3 Å². The second-order valence-electron chi connectivity index (χ2n) is 6.94. The first-order valence-electron chi connectivity index (χ1n) is 9.24. The van der Waals surface area contributed by atoms with Crippen molar-refractivity contribution < 1.29 is 9.47 Å². The van der Waals surface area contributed by atoms with Gasteiger partial charge in [0.05, 0.1) is 18.9 Å². The smallest absolute Gasteiger partial charge is 0.213 e. The predicted octanol–water partition coefficient (Wildman–Crippen LogP) is 5.59. The van der Waals surface area contributed by atoms with Crippen molar-refractivity contribution in [2.24, 2.45) is 5.10 Å². The van der Waals surface area contributed by atoms with E-state index in [1.807, 2.05) is 54.6 Å². The molecule has 2 aliphatic rings. The second-order valence-corrected chi connectivity index (χ2v) is 7.37. The number of methoxy groups -OCH3 is 1. The second kappa shape index (κ2) is 6.88. The van der Waals surface area contributed by atoms with Crippen LogP contribution in [0.5, 0.6) is 11.5 Å². The molecule has 0 radical (unpaired) electrons. The van der Waals surface area contributed by atoms with Gasteiger partial charge in [0.1, 0.15) is 11.5 Å². The number of nitrogens with zero attached hydrogens (tertiary/aromatic N) is 2. The summed E-state index contributed by atoms with van der Waals surface area (Å²) in [4.78, 5) is 0. The van der Waals surface area contributed by atoms with E-state index in [0.29, 0.717) is 5.02 Å². The molecule has 0 spiro atoms. The first-order valence-corrected chi connectivity index (χ1v) is 9.62. The summed E-state index contributed by atoms with van der Waals surface area (Å²) in [6.07, 6.45) is 0.512. The van der Waals surface area contributed by atoms with Crippen LogP contribution in [0, 0.1) is 0 Å². The van der Waals surface area contributed by atoms with Gasteiger partial charge in [0.2, 0.25) is 6.23 Å². The third-order valence-corrected chi connectivity index (χ3v) is 5.49. The number of rotatable bonds is 3. The first kappa shape index (κ1) is 17.1. The zero-order chi connectivity index (χ0) is 19.1. The highest BCUT2D eigenvalue weighted by Gasteiger charge is 2.40. The molecule has 0 aliphatic carbocycles. The standard InChI is InChI=1S/C23H19ClN2O2/c1-27-18-11-9-15(10-12-18)20-14-21-19-7-2-3-8-22(19)28-23(26(21)25-20)16-5-4-6-17(24)13-16/h2-13,21,23H,14H2,1H3/t21-,23-/m0/s1. The molecule has 0 saturated carbocycles. The van der Waals surface area contributed by atoms with Gasteiger partial charge in [-0.3, -0.25) is 0 Å². The molecular formula is C23H19ClN2O2. The minimum absolute atomic E-state index is 0.131. The Morgan fingerprint density at radius 2 is 1.86 bits per heavy atom.